The second-order valence-corrected chi connectivity index (χ2v) is 6.16. The molecule has 0 unspecified atom stereocenters. The van der Waals surface area contributed by atoms with E-state index in [1.54, 1.807) is 19.1 Å². The summed E-state index contributed by atoms with van der Waals surface area (Å²) in [5, 5.41) is 12.3. The van der Waals surface area contributed by atoms with Gasteiger partial charge >= 0.3 is 0 Å². The number of nitrogens with zero attached hydrogens (tertiary/aromatic N) is 3. The minimum absolute atomic E-state index is 0.141. The number of ether oxygens (including phenoxy) is 2. The minimum Gasteiger partial charge on any atom is -0.493 e. The van der Waals surface area contributed by atoms with Gasteiger partial charge in [0.2, 0.25) is 0 Å². The number of rotatable bonds is 7. The number of carbonyl (C=O) groups excluding carboxylic acids is 1. The zero-order valence-electron chi connectivity index (χ0n) is 15.6. The van der Waals surface area contributed by atoms with Gasteiger partial charge in [0.15, 0.2) is 11.5 Å². The first-order chi connectivity index (χ1) is 12.6. The number of hydrogen-bond acceptors (Lipinski definition) is 6. The topological polar surface area (TPSA) is 77.8 Å². The summed E-state index contributed by atoms with van der Waals surface area (Å²) in [6.45, 7) is 3.57. The zero-order chi connectivity index (χ0) is 18.9. The van der Waals surface area contributed by atoms with Gasteiger partial charge in [0.05, 0.1) is 14.2 Å². The van der Waals surface area contributed by atoms with Gasteiger partial charge < -0.3 is 24.6 Å². The molecule has 1 fully saturated rings. The van der Waals surface area contributed by atoms with Crippen LogP contribution in [0, 0.1) is 11.3 Å². The van der Waals surface area contributed by atoms with Crippen molar-refractivity contribution in [1.29, 1.82) is 5.26 Å². The fraction of sp³-hybridized carbons (Fsp3) is 0.474. The van der Waals surface area contributed by atoms with E-state index in [1.165, 1.54) is 6.20 Å². The maximum atomic E-state index is 12.4. The largest absolute Gasteiger partial charge is 0.493 e. The molecule has 0 aromatic heterocycles. The van der Waals surface area contributed by atoms with E-state index in [9.17, 15) is 10.1 Å². The van der Waals surface area contributed by atoms with Crippen molar-refractivity contribution in [2.45, 2.75) is 6.42 Å². The van der Waals surface area contributed by atoms with Crippen molar-refractivity contribution in [1.82, 2.24) is 15.1 Å². The molecule has 0 saturated carbocycles. The SMILES string of the molecule is COc1ccc(CCN/C=C(/C#N)C(=O)N2CCN(C)CC2)cc1OC. The smallest absolute Gasteiger partial charge is 0.266 e. The molecule has 1 saturated heterocycles. The van der Waals surface area contributed by atoms with Crippen LogP contribution >= 0.6 is 0 Å². The summed E-state index contributed by atoms with van der Waals surface area (Å²) < 4.78 is 10.5. The van der Waals surface area contributed by atoms with Crippen LogP contribution in [0.3, 0.4) is 0 Å². The van der Waals surface area contributed by atoms with Crippen molar-refractivity contribution in [3.63, 3.8) is 0 Å². The Morgan fingerprint density at radius 3 is 2.54 bits per heavy atom. The van der Waals surface area contributed by atoms with E-state index in [0.29, 0.717) is 31.1 Å². The van der Waals surface area contributed by atoms with E-state index in [4.69, 9.17) is 9.47 Å². The molecule has 0 radical (unpaired) electrons. The Bertz CT molecular complexity index is 689. The molecule has 1 amide bonds. The molecule has 0 spiro atoms. The maximum Gasteiger partial charge on any atom is 0.266 e. The van der Waals surface area contributed by atoms with Crippen molar-refractivity contribution >= 4 is 5.91 Å². The molecule has 2 rings (SSSR count). The molecule has 1 aromatic carbocycles. The highest BCUT2D eigenvalue weighted by molar-refractivity contribution is 5.97. The lowest BCUT2D eigenvalue weighted by Gasteiger charge is -2.32. The molecule has 0 bridgehead atoms. The van der Waals surface area contributed by atoms with E-state index >= 15 is 0 Å². The Kier molecular flexibility index (Phi) is 7.30. The van der Waals surface area contributed by atoms with Crippen LogP contribution in [0.5, 0.6) is 11.5 Å². The van der Waals surface area contributed by atoms with Crippen LogP contribution < -0.4 is 14.8 Å². The number of methoxy groups -OCH3 is 2. The third-order valence-corrected chi connectivity index (χ3v) is 4.39. The van der Waals surface area contributed by atoms with Crippen LogP contribution in [0.1, 0.15) is 5.56 Å². The summed E-state index contributed by atoms with van der Waals surface area (Å²) in [5.74, 6) is 1.16. The Morgan fingerprint density at radius 2 is 1.92 bits per heavy atom. The van der Waals surface area contributed by atoms with E-state index in [0.717, 1.165) is 25.1 Å². The first-order valence-electron chi connectivity index (χ1n) is 8.61. The highest BCUT2D eigenvalue weighted by atomic mass is 16.5. The number of nitrogens with one attached hydrogen (secondary N) is 1. The summed E-state index contributed by atoms with van der Waals surface area (Å²) in [6.07, 6.45) is 2.25. The van der Waals surface area contributed by atoms with Crippen LogP contribution in [0.2, 0.25) is 0 Å². The van der Waals surface area contributed by atoms with Crippen LogP contribution in [0.15, 0.2) is 30.0 Å². The first kappa shape index (κ1) is 19.6. The lowest BCUT2D eigenvalue weighted by Crippen LogP contribution is -2.47. The average Bonchev–Trinajstić information content (AvgIpc) is 2.68. The highest BCUT2D eigenvalue weighted by Crippen LogP contribution is 2.27. The van der Waals surface area contributed by atoms with Crippen LogP contribution in [0.25, 0.3) is 0 Å². The number of benzene rings is 1. The van der Waals surface area contributed by atoms with Crippen LogP contribution in [-0.2, 0) is 11.2 Å². The fourth-order valence-electron chi connectivity index (χ4n) is 2.75. The molecular formula is C19H26N4O3. The van der Waals surface area contributed by atoms with Gasteiger partial charge in [-0.15, -0.1) is 0 Å². The molecule has 0 atom stereocenters. The predicted octanol–water partition coefficient (Wildman–Crippen LogP) is 1.02. The van der Waals surface area contributed by atoms with Crippen molar-refractivity contribution in [3.05, 3.63) is 35.5 Å². The fourth-order valence-corrected chi connectivity index (χ4v) is 2.75. The Hall–Kier alpha value is -2.72. The van der Waals surface area contributed by atoms with Crippen LogP contribution in [0.4, 0.5) is 0 Å². The standard InChI is InChI=1S/C19H26N4O3/c1-22-8-10-23(11-9-22)19(24)16(13-20)14-21-7-6-15-4-5-17(25-2)18(12-15)26-3/h4-5,12,14,21H,6-11H2,1-3H3/b16-14-. The second-order valence-electron chi connectivity index (χ2n) is 6.16. The molecule has 26 heavy (non-hydrogen) atoms. The highest BCUT2D eigenvalue weighted by Gasteiger charge is 2.21. The molecule has 1 N–H and O–H groups in total. The maximum absolute atomic E-state index is 12.4. The van der Waals surface area contributed by atoms with Gasteiger partial charge in [0.25, 0.3) is 5.91 Å². The summed E-state index contributed by atoms with van der Waals surface area (Å²) in [6, 6.07) is 7.75. The summed E-state index contributed by atoms with van der Waals surface area (Å²) in [4.78, 5) is 16.3. The van der Waals surface area contributed by atoms with Crippen molar-refractivity contribution in [2.75, 3.05) is 54.0 Å². The number of hydrogen-bond donors (Lipinski definition) is 1. The summed E-state index contributed by atoms with van der Waals surface area (Å²) >= 11 is 0. The van der Waals surface area contributed by atoms with Crippen molar-refractivity contribution in [2.24, 2.45) is 0 Å². The average molecular weight is 358 g/mol. The number of amides is 1. The van der Waals surface area contributed by atoms with Gasteiger partial charge in [-0.1, -0.05) is 6.07 Å². The quantitative estimate of drug-likeness (QED) is 0.445. The molecule has 1 aromatic rings. The lowest BCUT2D eigenvalue weighted by atomic mass is 10.1. The molecule has 7 heteroatoms. The number of nitriles is 1. The Balaban J connectivity index is 1.88. The Morgan fingerprint density at radius 1 is 1.23 bits per heavy atom. The van der Waals surface area contributed by atoms with E-state index in [1.807, 2.05) is 31.3 Å². The molecule has 0 aliphatic carbocycles. The molecule has 140 valence electrons. The van der Waals surface area contributed by atoms with Gasteiger partial charge in [-0.25, -0.2) is 0 Å². The lowest BCUT2D eigenvalue weighted by molar-refractivity contribution is -0.128. The molecular weight excluding hydrogens is 332 g/mol. The molecule has 1 heterocycles. The zero-order valence-corrected chi connectivity index (χ0v) is 15.6. The third kappa shape index (κ3) is 5.14. The third-order valence-electron chi connectivity index (χ3n) is 4.39. The Labute approximate surface area is 154 Å². The molecule has 7 nitrogen and oxygen atoms in total. The predicted molar refractivity (Wildman–Crippen MR) is 99.0 cm³/mol. The second kappa shape index (κ2) is 9.68. The van der Waals surface area contributed by atoms with E-state index in [-0.39, 0.29) is 11.5 Å². The normalized spacial score (nSPS) is 15.3. The summed E-state index contributed by atoms with van der Waals surface area (Å²) in [5.41, 5.74) is 1.22. The van der Waals surface area contributed by atoms with E-state index < -0.39 is 0 Å². The minimum atomic E-state index is -0.209. The van der Waals surface area contributed by atoms with Gasteiger partial charge in [0, 0.05) is 38.9 Å². The first-order valence-corrected chi connectivity index (χ1v) is 8.61. The van der Waals surface area contributed by atoms with Gasteiger partial charge in [-0.2, -0.15) is 5.26 Å². The molecule has 1 aliphatic rings. The van der Waals surface area contributed by atoms with Gasteiger partial charge in [-0.3, -0.25) is 4.79 Å². The number of piperazine rings is 1. The van der Waals surface area contributed by atoms with Gasteiger partial charge in [-0.05, 0) is 31.2 Å². The van der Waals surface area contributed by atoms with Crippen molar-refractivity contribution in [3.8, 4) is 17.6 Å². The number of likely N-dealkylation sites (N-methyl/N-ethyl adjacent to an activating group) is 1. The van der Waals surface area contributed by atoms with Crippen LogP contribution in [-0.4, -0.2) is 69.7 Å². The van der Waals surface area contributed by atoms with Gasteiger partial charge in [0.1, 0.15) is 11.6 Å². The summed E-state index contributed by atoms with van der Waals surface area (Å²) in [7, 11) is 5.23. The molecule has 1 aliphatic heterocycles. The number of carbonyl (C=O) groups is 1. The monoisotopic (exact) mass is 358 g/mol. The van der Waals surface area contributed by atoms with E-state index in [2.05, 4.69) is 10.2 Å². The van der Waals surface area contributed by atoms with Crippen molar-refractivity contribution < 1.29 is 14.3 Å².